The van der Waals surface area contributed by atoms with Gasteiger partial charge in [0.2, 0.25) is 0 Å². The minimum absolute atomic E-state index is 0. The summed E-state index contributed by atoms with van der Waals surface area (Å²) in [4.78, 5) is 0. The Kier molecular flexibility index (Phi) is 7.29. The fourth-order valence-corrected chi connectivity index (χ4v) is 2.04. The van der Waals surface area contributed by atoms with Gasteiger partial charge in [0.1, 0.15) is 11.6 Å². The number of hydrogen-bond donors (Lipinski definition) is 1. The van der Waals surface area contributed by atoms with E-state index in [1.807, 2.05) is 30.3 Å². The van der Waals surface area contributed by atoms with Gasteiger partial charge in [-0.2, -0.15) is 0 Å². The van der Waals surface area contributed by atoms with E-state index < -0.39 is 11.6 Å². The first kappa shape index (κ1) is 17.6. The highest BCUT2D eigenvalue weighted by Gasteiger charge is 2.09. The first-order chi connectivity index (χ1) is 9.69. The Hall–Kier alpha value is -1.49. The molecule has 0 radical (unpaired) electrons. The van der Waals surface area contributed by atoms with Gasteiger partial charge in [-0.25, -0.2) is 8.78 Å². The number of rotatable bonds is 6. The lowest BCUT2D eigenvalue weighted by Crippen LogP contribution is -2.18. The van der Waals surface area contributed by atoms with Crippen molar-refractivity contribution < 1.29 is 13.5 Å². The summed E-state index contributed by atoms with van der Waals surface area (Å²) in [5.41, 5.74) is 7.31. The van der Waals surface area contributed by atoms with Crippen LogP contribution in [0.15, 0.2) is 48.5 Å². The molecule has 0 spiro atoms. The summed E-state index contributed by atoms with van der Waals surface area (Å²) in [6.45, 7) is 1.04. The SMILES string of the molecule is Cl.NCC(COCc1cc(F)cc(F)c1)c1ccccc1. The third-order valence-corrected chi connectivity index (χ3v) is 3.07. The predicted molar refractivity (Wildman–Crippen MR) is 81.5 cm³/mol. The van der Waals surface area contributed by atoms with Crippen molar-refractivity contribution in [3.63, 3.8) is 0 Å². The molecular formula is C16H18ClF2NO. The standard InChI is InChI=1S/C16H17F2NO.ClH/c17-15-6-12(7-16(18)8-15)10-20-11-14(9-19)13-4-2-1-3-5-13;/h1-8,14H,9-11,19H2;1H. The average molecular weight is 314 g/mol. The molecule has 2 N–H and O–H groups in total. The molecule has 0 aliphatic carbocycles. The van der Waals surface area contributed by atoms with E-state index in [1.54, 1.807) is 0 Å². The molecule has 0 amide bonds. The second-order valence-electron chi connectivity index (χ2n) is 4.64. The summed E-state index contributed by atoms with van der Waals surface area (Å²) in [6, 6.07) is 13.2. The van der Waals surface area contributed by atoms with Crippen molar-refractivity contribution in [1.29, 1.82) is 0 Å². The van der Waals surface area contributed by atoms with Crippen LogP contribution in [0.1, 0.15) is 17.0 Å². The molecule has 0 saturated carbocycles. The molecule has 2 nitrogen and oxygen atoms in total. The normalized spacial score (nSPS) is 11.8. The van der Waals surface area contributed by atoms with Crippen LogP contribution in [-0.4, -0.2) is 13.2 Å². The van der Waals surface area contributed by atoms with Gasteiger partial charge in [-0.3, -0.25) is 0 Å². The van der Waals surface area contributed by atoms with Crippen LogP contribution in [0.2, 0.25) is 0 Å². The van der Waals surface area contributed by atoms with Crippen molar-refractivity contribution in [2.45, 2.75) is 12.5 Å². The van der Waals surface area contributed by atoms with E-state index >= 15 is 0 Å². The molecule has 0 aliphatic heterocycles. The molecule has 21 heavy (non-hydrogen) atoms. The van der Waals surface area contributed by atoms with E-state index in [-0.39, 0.29) is 24.9 Å². The van der Waals surface area contributed by atoms with Crippen LogP contribution in [-0.2, 0) is 11.3 Å². The van der Waals surface area contributed by atoms with Crippen LogP contribution < -0.4 is 5.73 Å². The smallest absolute Gasteiger partial charge is 0.126 e. The number of nitrogens with two attached hydrogens (primary N) is 1. The van der Waals surface area contributed by atoms with Gasteiger partial charge in [0.15, 0.2) is 0 Å². The molecule has 0 saturated heterocycles. The van der Waals surface area contributed by atoms with E-state index in [0.717, 1.165) is 11.6 Å². The molecule has 1 atom stereocenters. The Labute approximate surface area is 129 Å². The zero-order valence-electron chi connectivity index (χ0n) is 11.5. The Balaban J connectivity index is 0.00000220. The zero-order chi connectivity index (χ0) is 14.4. The third kappa shape index (κ3) is 5.42. The Morgan fingerprint density at radius 3 is 2.19 bits per heavy atom. The third-order valence-electron chi connectivity index (χ3n) is 3.07. The van der Waals surface area contributed by atoms with Gasteiger partial charge in [0.25, 0.3) is 0 Å². The van der Waals surface area contributed by atoms with Crippen LogP contribution in [0, 0.1) is 11.6 Å². The maximum atomic E-state index is 13.0. The number of hydrogen-bond acceptors (Lipinski definition) is 2. The van der Waals surface area contributed by atoms with Crippen LogP contribution in [0.4, 0.5) is 8.78 Å². The zero-order valence-corrected chi connectivity index (χ0v) is 12.3. The lowest BCUT2D eigenvalue weighted by atomic mass is 10.0. The second-order valence-corrected chi connectivity index (χ2v) is 4.64. The minimum Gasteiger partial charge on any atom is -0.376 e. The largest absolute Gasteiger partial charge is 0.376 e. The second kappa shape index (κ2) is 8.72. The summed E-state index contributed by atoms with van der Waals surface area (Å²) >= 11 is 0. The topological polar surface area (TPSA) is 35.2 Å². The molecule has 2 aromatic carbocycles. The van der Waals surface area contributed by atoms with Crippen molar-refractivity contribution in [1.82, 2.24) is 0 Å². The molecule has 0 aliphatic rings. The van der Waals surface area contributed by atoms with Crippen LogP contribution in [0.5, 0.6) is 0 Å². The molecule has 0 heterocycles. The van der Waals surface area contributed by atoms with E-state index in [0.29, 0.717) is 18.7 Å². The van der Waals surface area contributed by atoms with E-state index in [2.05, 4.69) is 0 Å². The first-order valence-corrected chi connectivity index (χ1v) is 6.47. The van der Waals surface area contributed by atoms with Gasteiger partial charge in [-0.1, -0.05) is 30.3 Å². The number of ether oxygens (including phenoxy) is 1. The molecule has 0 bridgehead atoms. The Morgan fingerprint density at radius 1 is 1.00 bits per heavy atom. The van der Waals surface area contributed by atoms with Gasteiger partial charge >= 0.3 is 0 Å². The molecule has 114 valence electrons. The lowest BCUT2D eigenvalue weighted by Gasteiger charge is -2.15. The maximum Gasteiger partial charge on any atom is 0.126 e. The molecule has 2 rings (SSSR count). The summed E-state index contributed by atoms with van der Waals surface area (Å²) in [6.07, 6.45) is 0. The van der Waals surface area contributed by atoms with Crippen molar-refractivity contribution in [2.75, 3.05) is 13.2 Å². The Morgan fingerprint density at radius 2 is 1.62 bits per heavy atom. The molecule has 0 aromatic heterocycles. The molecular weight excluding hydrogens is 296 g/mol. The van der Waals surface area contributed by atoms with E-state index in [1.165, 1.54) is 12.1 Å². The summed E-state index contributed by atoms with van der Waals surface area (Å²) in [5, 5.41) is 0. The van der Waals surface area contributed by atoms with Crippen LogP contribution in [0.25, 0.3) is 0 Å². The van der Waals surface area contributed by atoms with Crippen molar-refractivity contribution in [2.24, 2.45) is 5.73 Å². The van der Waals surface area contributed by atoms with Crippen molar-refractivity contribution in [3.05, 3.63) is 71.3 Å². The highest BCUT2D eigenvalue weighted by molar-refractivity contribution is 5.85. The van der Waals surface area contributed by atoms with Gasteiger partial charge < -0.3 is 10.5 Å². The van der Waals surface area contributed by atoms with Crippen molar-refractivity contribution in [3.8, 4) is 0 Å². The maximum absolute atomic E-state index is 13.0. The minimum atomic E-state index is -0.595. The van der Waals surface area contributed by atoms with Gasteiger partial charge in [0, 0.05) is 18.5 Å². The number of benzene rings is 2. The van der Waals surface area contributed by atoms with Gasteiger partial charge in [-0.05, 0) is 23.3 Å². The van der Waals surface area contributed by atoms with Gasteiger partial charge in [-0.15, -0.1) is 12.4 Å². The fraction of sp³-hybridized carbons (Fsp3) is 0.250. The molecule has 5 heteroatoms. The van der Waals surface area contributed by atoms with Crippen LogP contribution >= 0.6 is 12.4 Å². The first-order valence-electron chi connectivity index (χ1n) is 6.47. The molecule has 0 fully saturated rings. The average Bonchev–Trinajstić information content (AvgIpc) is 2.43. The molecule has 1 unspecified atom stereocenters. The molecule has 2 aromatic rings. The lowest BCUT2D eigenvalue weighted by molar-refractivity contribution is 0.108. The summed E-state index contributed by atoms with van der Waals surface area (Å²) in [7, 11) is 0. The highest BCUT2D eigenvalue weighted by Crippen LogP contribution is 2.16. The van der Waals surface area contributed by atoms with Crippen molar-refractivity contribution >= 4 is 12.4 Å². The Bertz CT molecular complexity index is 531. The summed E-state index contributed by atoms with van der Waals surface area (Å²) < 4.78 is 31.6. The van der Waals surface area contributed by atoms with E-state index in [9.17, 15) is 8.78 Å². The monoisotopic (exact) mass is 313 g/mol. The quantitative estimate of drug-likeness (QED) is 0.883. The van der Waals surface area contributed by atoms with Gasteiger partial charge in [0.05, 0.1) is 13.2 Å². The van der Waals surface area contributed by atoms with E-state index in [4.69, 9.17) is 10.5 Å². The summed E-state index contributed by atoms with van der Waals surface area (Å²) in [5.74, 6) is -1.11. The van der Waals surface area contributed by atoms with Crippen LogP contribution in [0.3, 0.4) is 0 Å². The predicted octanol–water partition coefficient (Wildman–Crippen LogP) is 3.65. The fourth-order valence-electron chi connectivity index (χ4n) is 2.04. The highest BCUT2D eigenvalue weighted by atomic mass is 35.5. The number of halogens is 3.